The quantitative estimate of drug-likeness (QED) is 0.651. The summed E-state index contributed by atoms with van der Waals surface area (Å²) in [5.41, 5.74) is 2.61. The minimum atomic E-state index is -1.31. The molecule has 1 unspecified atom stereocenters. The number of halogens is 2. The van der Waals surface area contributed by atoms with E-state index in [1.165, 1.54) is 23.4 Å². The van der Waals surface area contributed by atoms with E-state index in [2.05, 4.69) is 16.5 Å². The number of fused-ring (bicyclic) bond motifs is 3. The molecule has 1 aliphatic rings. The smallest absolute Gasteiger partial charge is 0.152 e. The van der Waals surface area contributed by atoms with Crippen molar-refractivity contribution in [2.24, 2.45) is 0 Å². The summed E-state index contributed by atoms with van der Waals surface area (Å²) in [6, 6.07) is 10.1. The van der Waals surface area contributed by atoms with Crippen molar-refractivity contribution in [2.45, 2.75) is 31.9 Å². The van der Waals surface area contributed by atoms with E-state index in [-0.39, 0.29) is 12.1 Å². The number of hydrogen-bond acceptors (Lipinski definition) is 3. The number of benzene rings is 2. The molecule has 0 aliphatic carbocycles. The van der Waals surface area contributed by atoms with E-state index in [0.717, 1.165) is 36.8 Å². The Labute approximate surface area is 174 Å². The summed E-state index contributed by atoms with van der Waals surface area (Å²) in [4.78, 5) is 13.2. The molecule has 1 aromatic heterocycles. The van der Waals surface area contributed by atoms with Crippen LogP contribution in [0, 0.1) is 5.82 Å². The van der Waals surface area contributed by atoms with Crippen molar-refractivity contribution in [2.75, 3.05) is 20.1 Å². The fourth-order valence-electron chi connectivity index (χ4n) is 4.26. The third-order valence-corrected chi connectivity index (χ3v) is 6.17. The number of hydrogen-bond donors (Lipinski definition) is 1. The Morgan fingerprint density at radius 2 is 1.97 bits per heavy atom. The lowest BCUT2D eigenvalue weighted by Gasteiger charge is -2.27. The Morgan fingerprint density at radius 1 is 1.21 bits per heavy atom. The second kappa shape index (κ2) is 7.56. The highest BCUT2D eigenvalue weighted by atomic mass is 35.5. The van der Waals surface area contributed by atoms with E-state index in [1.54, 1.807) is 13.0 Å². The monoisotopic (exact) mass is 414 g/mol. The predicted molar refractivity (Wildman–Crippen MR) is 113 cm³/mol. The van der Waals surface area contributed by atoms with Crippen LogP contribution < -0.4 is 0 Å². The van der Waals surface area contributed by atoms with Crippen molar-refractivity contribution in [1.29, 1.82) is 0 Å². The first-order valence-electron chi connectivity index (χ1n) is 9.76. The summed E-state index contributed by atoms with van der Waals surface area (Å²) < 4.78 is 16.3. The molecule has 0 saturated heterocycles. The number of aliphatic hydroxyl groups is 1. The van der Waals surface area contributed by atoms with Gasteiger partial charge in [0.2, 0.25) is 0 Å². The van der Waals surface area contributed by atoms with Gasteiger partial charge in [0, 0.05) is 41.1 Å². The number of likely N-dealkylation sites (N-methyl/N-ethyl adjacent to an activating group) is 1. The Balaban J connectivity index is 1.81. The molecular weight excluding hydrogens is 391 g/mol. The first kappa shape index (κ1) is 20.1. The molecule has 0 spiro atoms. The summed E-state index contributed by atoms with van der Waals surface area (Å²) in [6.45, 7) is 3.86. The van der Waals surface area contributed by atoms with Gasteiger partial charge in [-0.3, -0.25) is 4.79 Å². The van der Waals surface area contributed by atoms with E-state index in [0.29, 0.717) is 16.9 Å². The van der Waals surface area contributed by atoms with Crippen LogP contribution >= 0.6 is 11.6 Å². The van der Waals surface area contributed by atoms with Gasteiger partial charge in [0.15, 0.2) is 6.29 Å². The highest BCUT2D eigenvalue weighted by Gasteiger charge is 2.29. The first-order valence-corrected chi connectivity index (χ1v) is 10.1. The van der Waals surface area contributed by atoms with Crippen molar-refractivity contribution in [3.05, 3.63) is 69.6 Å². The summed E-state index contributed by atoms with van der Waals surface area (Å²) in [6.07, 6.45) is 2.26. The van der Waals surface area contributed by atoms with Gasteiger partial charge in [0.05, 0.1) is 12.1 Å². The van der Waals surface area contributed by atoms with Gasteiger partial charge in [-0.25, -0.2) is 4.39 Å². The van der Waals surface area contributed by atoms with Crippen molar-refractivity contribution >= 4 is 28.8 Å². The van der Waals surface area contributed by atoms with Gasteiger partial charge in [0.25, 0.3) is 0 Å². The fraction of sp³-hybridized carbons (Fsp3) is 0.348. The van der Waals surface area contributed by atoms with Crippen molar-refractivity contribution in [1.82, 2.24) is 9.47 Å². The van der Waals surface area contributed by atoms with Crippen LogP contribution in [0.5, 0.6) is 0 Å². The summed E-state index contributed by atoms with van der Waals surface area (Å²) in [5.74, 6) is -0.623. The number of carbonyl (C=O) groups is 1. The van der Waals surface area contributed by atoms with E-state index in [4.69, 9.17) is 11.6 Å². The topological polar surface area (TPSA) is 45.5 Å². The molecule has 6 heteroatoms. The van der Waals surface area contributed by atoms with Gasteiger partial charge in [-0.2, -0.15) is 0 Å². The summed E-state index contributed by atoms with van der Waals surface area (Å²) >= 11 is 6.28. The first-order chi connectivity index (χ1) is 13.8. The normalized spacial score (nSPS) is 17.0. The summed E-state index contributed by atoms with van der Waals surface area (Å²) in [7, 11) is 2.11. The van der Waals surface area contributed by atoms with Crippen molar-refractivity contribution in [3.8, 4) is 0 Å². The number of rotatable bonds is 4. The van der Waals surface area contributed by atoms with Crippen LogP contribution in [0.15, 0.2) is 36.4 Å². The Hall–Kier alpha value is -2.21. The highest BCUT2D eigenvalue weighted by molar-refractivity contribution is 6.31. The van der Waals surface area contributed by atoms with Crippen LogP contribution in [0.25, 0.3) is 10.9 Å². The largest absolute Gasteiger partial charge is 0.384 e. The van der Waals surface area contributed by atoms with Crippen LogP contribution in [0.1, 0.15) is 34.1 Å². The van der Waals surface area contributed by atoms with Gasteiger partial charge in [-0.05, 0) is 61.9 Å². The number of aromatic nitrogens is 1. The van der Waals surface area contributed by atoms with Crippen LogP contribution in [-0.4, -0.2) is 41.0 Å². The molecule has 0 saturated carbocycles. The average molecular weight is 415 g/mol. The predicted octanol–water partition coefficient (Wildman–Crippen LogP) is 4.18. The van der Waals surface area contributed by atoms with E-state index in [1.807, 2.05) is 18.2 Å². The molecule has 152 valence electrons. The zero-order chi connectivity index (χ0) is 20.8. The Bertz CT molecular complexity index is 1090. The molecule has 0 radical (unpaired) electrons. The van der Waals surface area contributed by atoms with E-state index >= 15 is 0 Å². The van der Waals surface area contributed by atoms with Crippen molar-refractivity contribution in [3.63, 3.8) is 0 Å². The lowest BCUT2D eigenvalue weighted by Crippen LogP contribution is -2.29. The SMILES string of the molecule is CN1CCc2c(n(CC(C)(O)c3ccc(C=O)c(F)c3)c3ccc(Cl)cc23)CC1. The Kier molecular flexibility index (Phi) is 5.23. The standard InChI is InChI=1S/C23H24ClFN2O2/c1-23(29,16-4-3-15(13-28)20(25)11-16)14-27-21-6-5-17(24)12-19(21)18-7-9-26(2)10-8-22(18)27/h3-6,11-13,29H,7-10,14H2,1-2H3. The molecular formula is C23H24ClFN2O2. The number of carbonyl (C=O) groups excluding carboxylic acids is 1. The second-order valence-electron chi connectivity index (χ2n) is 8.10. The lowest BCUT2D eigenvalue weighted by molar-refractivity contribution is 0.0384. The zero-order valence-electron chi connectivity index (χ0n) is 16.6. The highest BCUT2D eigenvalue weighted by Crippen LogP contribution is 2.34. The van der Waals surface area contributed by atoms with Crippen LogP contribution in [-0.2, 0) is 25.0 Å². The third-order valence-electron chi connectivity index (χ3n) is 5.94. The molecule has 4 rings (SSSR count). The molecule has 29 heavy (non-hydrogen) atoms. The molecule has 1 atom stereocenters. The molecule has 0 amide bonds. The van der Waals surface area contributed by atoms with Crippen LogP contribution in [0.3, 0.4) is 0 Å². The van der Waals surface area contributed by atoms with Crippen molar-refractivity contribution < 1.29 is 14.3 Å². The molecule has 0 bridgehead atoms. The second-order valence-corrected chi connectivity index (χ2v) is 8.54. The van der Waals surface area contributed by atoms with Gasteiger partial charge < -0.3 is 14.6 Å². The lowest BCUT2D eigenvalue weighted by atomic mass is 9.94. The summed E-state index contributed by atoms with van der Waals surface area (Å²) in [5, 5.41) is 13.1. The molecule has 1 aliphatic heterocycles. The average Bonchev–Trinajstić information content (AvgIpc) is 2.81. The minimum absolute atomic E-state index is 0.0116. The van der Waals surface area contributed by atoms with Gasteiger partial charge in [-0.15, -0.1) is 0 Å². The molecule has 0 fully saturated rings. The van der Waals surface area contributed by atoms with Gasteiger partial charge in [-0.1, -0.05) is 17.7 Å². The third kappa shape index (κ3) is 3.70. The maximum atomic E-state index is 14.2. The number of aldehydes is 1. The van der Waals surface area contributed by atoms with Crippen LogP contribution in [0.4, 0.5) is 4.39 Å². The zero-order valence-corrected chi connectivity index (χ0v) is 17.3. The molecule has 1 N–H and O–H groups in total. The molecule has 2 aromatic carbocycles. The molecule has 4 nitrogen and oxygen atoms in total. The fourth-order valence-corrected chi connectivity index (χ4v) is 4.43. The molecule has 3 aromatic rings. The van der Waals surface area contributed by atoms with E-state index in [9.17, 15) is 14.3 Å². The van der Waals surface area contributed by atoms with Gasteiger partial charge in [0.1, 0.15) is 11.4 Å². The maximum absolute atomic E-state index is 14.2. The molecule has 2 heterocycles. The maximum Gasteiger partial charge on any atom is 0.152 e. The van der Waals surface area contributed by atoms with Gasteiger partial charge >= 0.3 is 0 Å². The van der Waals surface area contributed by atoms with Crippen LogP contribution in [0.2, 0.25) is 5.02 Å². The minimum Gasteiger partial charge on any atom is -0.384 e. The Morgan fingerprint density at radius 3 is 2.69 bits per heavy atom. The number of nitrogens with zero attached hydrogens (tertiary/aromatic N) is 2. The van der Waals surface area contributed by atoms with E-state index < -0.39 is 11.4 Å².